The molecule has 0 aliphatic carbocycles. The fourth-order valence-corrected chi connectivity index (χ4v) is 3.27. The minimum absolute atomic E-state index is 0.742. The van der Waals surface area contributed by atoms with Crippen LogP contribution in [0.2, 0.25) is 0 Å². The van der Waals surface area contributed by atoms with E-state index < -0.39 is 0 Å². The van der Waals surface area contributed by atoms with Crippen LogP contribution in [-0.2, 0) is 17.7 Å². The molecule has 1 aromatic rings. The van der Waals surface area contributed by atoms with Crippen molar-refractivity contribution in [2.45, 2.75) is 38.8 Å². The maximum atomic E-state index is 5.46. The molecule has 5 heteroatoms. The average molecular weight is 290 g/mol. The molecule has 0 atom stereocenters. The zero-order valence-corrected chi connectivity index (χ0v) is 13.0. The van der Waals surface area contributed by atoms with Crippen molar-refractivity contribution in [1.82, 2.24) is 19.8 Å². The maximum Gasteiger partial charge on any atom is 0.128 e. The first-order chi connectivity index (χ1) is 10.3. The summed E-state index contributed by atoms with van der Waals surface area (Å²) >= 11 is 0. The van der Waals surface area contributed by atoms with E-state index in [2.05, 4.69) is 26.7 Å². The summed E-state index contributed by atoms with van der Waals surface area (Å²) in [5, 5.41) is 0. The second-order valence-electron chi connectivity index (χ2n) is 5.97. The Morgan fingerprint density at radius 1 is 1.19 bits per heavy atom. The predicted octanol–water partition coefficient (Wildman–Crippen LogP) is 1.34. The van der Waals surface area contributed by atoms with Crippen LogP contribution in [0.15, 0.2) is 12.3 Å². The summed E-state index contributed by atoms with van der Waals surface area (Å²) in [4.78, 5) is 14.0. The molecule has 2 saturated heterocycles. The molecular weight excluding hydrogens is 264 g/mol. The van der Waals surface area contributed by atoms with E-state index in [-0.39, 0.29) is 0 Å². The molecule has 2 fully saturated rings. The number of ether oxygens (including phenoxy) is 1. The summed E-state index contributed by atoms with van der Waals surface area (Å²) < 4.78 is 5.46. The van der Waals surface area contributed by atoms with Gasteiger partial charge in [-0.1, -0.05) is 6.92 Å². The van der Waals surface area contributed by atoms with Crippen LogP contribution in [0.5, 0.6) is 0 Å². The number of aromatic nitrogens is 2. The van der Waals surface area contributed by atoms with Gasteiger partial charge >= 0.3 is 0 Å². The lowest BCUT2D eigenvalue weighted by molar-refractivity contribution is 0.0124. The smallest absolute Gasteiger partial charge is 0.128 e. The van der Waals surface area contributed by atoms with E-state index in [4.69, 9.17) is 4.74 Å². The summed E-state index contributed by atoms with van der Waals surface area (Å²) in [5.41, 5.74) is 1.15. The van der Waals surface area contributed by atoms with Crippen LogP contribution in [0.3, 0.4) is 0 Å². The molecule has 0 bridgehead atoms. The fraction of sp³-hybridized carbons (Fsp3) is 0.750. The SMILES string of the molecule is CCc1nccc(CN2CCN(C3CCOCC3)CC2)n1. The van der Waals surface area contributed by atoms with E-state index in [0.717, 1.165) is 56.8 Å². The van der Waals surface area contributed by atoms with Crippen LogP contribution in [0.25, 0.3) is 0 Å². The van der Waals surface area contributed by atoms with Crippen molar-refractivity contribution in [1.29, 1.82) is 0 Å². The van der Waals surface area contributed by atoms with Gasteiger partial charge in [0.1, 0.15) is 5.82 Å². The zero-order chi connectivity index (χ0) is 14.5. The molecule has 0 radical (unpaired) electrons. The van der Waals surface area contributed by atoms with Gasteiger partial charge in [-0.15, -0.1) is 0 Å². The highest BCUT2D eigenvalue weighted by atomic mass is 16.5. The van der Waals surface area contributed by atoms with E-state index in [9.17, 15) is 0 Å². The van der Waals surface area contributed by atoms with Crippen molar-refractivity contribution in [3.8, 4) is 0 Å². The van der Waals surface area contributed by atoms with Crippen molar-refractivity contribution in [3.05, 3.63) is 23.8 Å². The third-order valence-electron chi connectivity index (χ3n) is 4.58. The van der Waals surface area contributed by atoms with Crippen LogP contribution in [0, 0.1) is 0 Å². The Balaban J connectivity index is 1.48. The Kier molecular flexibility index (Phi) is 5.17. The molecule has 1 aromatic heterocycles. The van der Waals surface area contributed by atoms with Gasteiger partial charge in [0.15, 0.2) is 0 Å². The topological polar surface area (TPSA) is 41.5 Å². The highest BCUT2D eigenvalue weighted by molar-refractivity contribution is 5.02. The summed E-state index contributed by atoms with van der Waals surface area (Å²) in [6.45, 7) is 9.57. The van der Waals surface area contributed by atoms with Gasteiger partial charge in [0.05, 0.1) is 5.69 Å². The first-order valence-corrected chi connectivity index (χ1v) is 8.20. The van der Waals surface area contributed by atoms with Crippen LogP contribution in [0.1, 0.15) is 31.3 Å². The lowest BCUT2D eigenvalue weighted by Gasteiger charge is -2.40. The molecule has 0 amide bonds. The van der Waals surface area contributed by atoms with Gasteiger partial charge in [-0.25, -0.2) is 9.97 Å². The first-order valence-electron chi connectivity index (χ1n) is 8.20. The standard InChI is InChI=1S/C16H26N4O/c1-2-16-17-6-3-14(18-16)13-19-7-9-20(10-8-19)15-4-11-21-12-5-15/h3,6,15H,2,4-5,7-13H2,1H3. The van der Waals surface area contributed by atoms with Gasteiger partial charge < -0.3 is 4.74 Å². The molecule has 5 nitrogen and oxygen atoms in total. The van der Waals surface area contributed by atoms with Crippen molar-refractivity contribution in [2.75, 3.05) is 39.4 Å². The molecule has 0 N–H and O–H groups in total. The molecule has 2 aliphatic heterocycles. The second-order valence-corrected chi connectivity index (χ2v) is 5.97. The molecule has 116 valence electrons. The van der Waals surface area contributed by atoms with E-state index in [0.29, 0.717) is 0 Å². The third-order valence-corrected chi connectivity index (χ3v) is 4.58. The predicted molar refractivity (Wildman–Crippen MR) is 82.1 cm³/mol. The van der Waals surface area contributed by atoms with E-state index in [1.54, 1.807) is 0 Å². The first kappa shape index (κ1) is 14.9. The number of rotatable bonds is 4. The van der Waals surface area contributed by atoms with Crippen LogP contribution in [0.4, 0.5) is 0 Å². The second kappa shape index (κ2) is 7.29. The molecular formula is C16H26N4O. The van der Waals surface area contributed by atoms with Gasteiger partial charge in [0.25, 0.3) is 0 Å². The zero-order valence-electron chi connectivity index (χ0n) is 13.0. The number of nitrogens with zero attached hydrogens (tertiary/aromatic N) is 4. The van der Waals surface area contributed by atoms with Gasteiger partial charge in [0.2, 0.25) is 0 Å². The summed E-state index contributed by atoms with van der Waals surface area (Å²) in [5.74, 6) is 0.952. The lowest BCUT2D eigenvalue weighted by atomic mass is 10.1. The monoisotopic (exact) mass is 290 g/mol. The van der Waals surface area contributed by atoms with Crippen molar-refractivity contribution in [3.63, 3.8) is 0 Å². The summed E-state index contributed by atoms with van der Waals surface area (Å²) in [6.07, 6.45) is 5.20. The van der Waals surface area contributed by atoms with E-state index in [1.165, 1.54) is 25.9 Å². The largest absolute Gasteiger partial charge is 0.381 e. The molecule has 3 heterocycles. The minimum atomic E-state index is 0.742. The summed E-state index contributed by atoms with van der Waals surface area (Å²) in [6, 6.07) is 2.79. The Morgan fingerprint density at radius 3 is 2.67 bits per heavy atom. The Morgan fingerprint density at radius 2 is 1.95 bits per heavy atom. The Hall–Kier alpha value is -1.04. The quantitative estimate of drug-likeness (QED) is 0.837. The van der Waals surface area contributed by atoms with Crippen molar-refractivity contribution < 1.29 is 4.74 Å². The Labute approximate surface area is 127 Å². The van der Waals surface area contributed by atoms with E-state index >= 15 is 0 Å². The maximum absolute atomic E-state index is 5.46. The van der Waals surface area contributed by atoms with Crippen molar-refractivity contribution >= 4 is 0 Å². The summed E-state index contributed by atoms with van der Waals surface area (Å²) in [7, 11) is 0. The fourth-order valence-electron chi connectivity index (χ4n) is 3.27. The Bertz CT molecular complexity index is 440. The number of piperazine rings is 1. The molecule has 3 rings (SSSR count). The van der Waals surface area contributed by atoms with Crippen LogP contribution >= 0.6 is 0 Å². The van der Waals surface area contributed by atoms with Gasteiger partial charge in [0, 0.05) is 64.6 Å². The minimum Gasteiger partial charge on any atom is -0.381 e. The van der Waals surface area contributed by atoms with E-state index in [1.807, 2.05) is 12.3 Å². The molecule has 21 heavy (non-hydrogen) atoms. The number of hydrogen-bond donors (Lipinski definition) is 0. The van der Waals surface area contributed by atoms with Gasteiger partial charge in [-0.2, -0.15) is 0 Å². The molecule has 0 saturated carbocycles. The molecule has 0 aromatic carbocycles. The van der Waals surface area contributed by atoms with Gasteiger partial charge in [-0.05, 0) is 18.9 Å². The number of aryl methyl sites for hydroxylation is 1. The number of hydrogen-bond acceptors (Lipinski definition) is 5. The highest BCUT2D eigenvalue weighted by Crippen LogP contribution is 2.17. The molecule has 0 unspecified atom stereocenters. The van der Waals surface area contributed by atoms with Crippen molar-refractivity contribution in [2.24, 2.45) is 0 Å². The van der Waals surface area contributed by atoms with Crippen LogP contribution < -0.4 is 0 Å². The normalized spacial score (nSPS) is 22.5. The van der Waals surface area contributed by atoms with Crippen LogP contribution in [-0.4, -0.2) is 65.2 Å². The lowest BCUT2D eigenvalue weighted by Crippen LogP contribution is -2.51. The molecule has 0 spiro atoms. The molecule has 2 aliphatic rings. The van der Waals surface area contributed by atoms with Gasteiger partial charge in [-0.3, -0.25) is 9.80 Å². The highest BCUT2D eigenvalue weighted by Gasteiger charge is 2.25. The average Bonchev–Trinajstić information content (AvgIpc) is 2.56. The third kappa shape index (κ3) is 3.99.